The van der Waals surface area contributed by atoms with Crippen LogP contribution in [0.1, 0.15) is 75.0 Å². The molecule has 0 amide bonds. The lowest BCUT2D eigenvalue weighted by molar-refractivity contribution is -0.0819. The summed E-state index contributed by atoms with van der Waals surface area (Å²) in [6.07, 6.45) is 2.45. The van der Waals surface area contributed by atoms with Crippen LogP contribution in [0.25, 0.3) is 0 Å². The molecule has 0 spiro atoms. The lowest BCUT2D eigenvalue weighted by Crippen LogP contribution is -2.55. The van der Waals surface area contributed by atoms with Crippen LogP contribution in [0.3, 0.4) is 0 Å². The summed E-state index contributed by atoms with van der Waals surface area (Å²) < 4.78 is 34.9. The van der Waals surface area contributed by atoms with Gasteiger partial charge in [0.25, 0.3) is 0 Å². The number of carbonyl (C=O) groups is 1. The van der Waals surface area contributed by atoms with Crippen LogP contribution in [0, 0.1) is 0 Å². The van der Waals surface area contributed by atoms with Crippen molar-refractivity contribution in [3.05, 3.63) is 53.2 Å². The standard InChI is InChI=1S/C24H32N2O5S/c1-6-8-13-26(32(29,30)19-11-9-17(7-2)10-12-19)21-20-14-18(16(3)27)15-25-23(20)31-24(4,5)22(21)28/h9-12,14-15,21-22,28H,6-8,13H2,1-5H3/t21-,22+/m1/s1. The van der Waals surface area contributed by atoms with Gasteiger partial charge in [-0.3, -0.25) is 4.79 Å². The quantitative estimate of drug-likeness (QED) is 0.600. The van der Waals surface area contributed by atoms with E-state index in [1.165, 1.54) is 17.4 Å². The fourth-order valence-corrected chi connectivity index (χ4v) is 5.53. The Bertz CT molecular complexity index is 1080. The predicted octanol–water partition coefficient (Wildman–Crippen LogP) is 3.91. The molecule has 3 rings (SSSR count). The fraction of sp³-hybridized carbons (Fsp3) is 0.500. The maximum Gasteiger partial charge on any atom is 0.243 e. The number of aromatic nitrogens is 1. The number of aryl methyl sites for hydroxylation is 1. The molecular weight excluding hydrogens is 428 g/mol. The molecule has 7 nitrogen and oxygen atoms in total. The number of sulfonamides is 1. The summed E-state index contributed by atoms with van der Waals surface area (Å²) >= 11 is 0. The van der Waals surface area contributed by atoms with Gasteiger partial charge in [0.15, 0.2) is 5.78 Å². The normalized spacial score (nSPS) is 20.0. The highest BCUT2D eigenvalue weighted by atomic mass is 32.2. The van der Waals surface area contributed by atoms with Crippen molar-refractivity contribution in [3.8, 4) is 5.88 Å². The number of nitrogens with zero attached hydrogens (tertiary/aromatic N) is 2. The zero-order valence-corrected chi connectivity index (χ0v) is 20.1. The van der Waals surface area contributed by atoms with Crippen molar-refractivity contribution >= 4 is 15.8 Å². The van der Waals surface area contributed by atoms with Crippen LogP contribution in [-0.4, -0.2) is 46.8 Å². The maximum atomic E-state index is 13.8. The molecule has 1 N–H and O–H groups in total. The van der Waals surface area contributed by atoms with Crippen LogP contribution in [0.15, 0.2) is 41.4 Å². The number of aliphatic hydroxyl groups excluding tert-OH is 1. The number of rotatable bonds is 8. The molecule has 2 aromatic rings. The molecule has 0 radical (unpaired) electrons. The van der Waals surface area contributed by atoms with Crippen molar-refractivity contribution in [2.75, 3.05) is 6.54 Å². The average molecular weight is 461 g/mol. The lowest BCUT2D eigenvalue weighted by Gasteiger charge is -2.45. The third-order valence-electron chi connectivity index (χ3n) is 5.96. The number of ketones is 1. The minimum atomic E-state index is -3.95. The fourth-order valence-electron chi connectivity index (χ4n) is 3.89. The van der Waals surface area contributed by atoms with Crippen molar-refractivity contribution in [1.29, 1.82) is 0 Å². The van der Waals surface area contributed by atoms with E-state index in [0.29, 0.717) is 17.5 Å². The van der Waals surface area contributed by atoms with Gasteiger partial charge in [-0.25, -0.2) is 13.4 Å². The van der Waals surface area contributed by atoms with E-state index in [1.807, 2.05) is 13.8 Å². The summed E-state index contributed by atoms with van der Waals surface area (Å²) in [6, 6.07) is 7.46. The highest BCUT2D eigenvalue weighted by Crippen LogP contribution is 2.44. The average Bonchev–Trinajstić information content (AvgIpc) is 2.75. The first-order chi connectivity index (χ1) is 15.0. The van der Waals surface area contributed by atoms with Gasteiger partial charge >= 0.3 is 0 Å². The van der Waals surface area contributed by atoms with Gasteiger partial charge in [0.2, 0.25) is 15.9 Å². The number of hydrogen-bond acceptors (Lipinski definition) is 6. The number of aliphatic hydroxyl groups is 1. The zero-order chi connectivity index (χ0) is 23.7. The maximum absolute atomic E-state index is 13.8. The van der Waals surface area contributed by atoms with Crippen LogP contribution in [0.5, 0.6) is 5.88 Å². The first kappa shape index (κ1) is 24.4. The van der Waals surface area contributed by atoms with E-state index >= 15 is 0 Å². The molecule has 1 aliphatic heterocycles. The molecule has 0 fully saturated rings. The second kappa shape index (κ2) is 9.29. The van der Waals surface area contributed by atoms with Crippen molar-refractivity contribution in [2.45, 2.75) is 76.5 Å². The van der Waals surface area contributed by atoms with Crippen LogP contribution in [0.4, 0.5) is 0 Å². The molecule has 1 aliphatic rings. The van der Waals surface area contributed by atoms with Crippen molar-refractivity contribution in [2.24, 2.45) is 0 Å². The number of ether oxygens (including phenoxy) is 1. The number of benzene rings is 1. The van der Waals surface area contributed by atoms with Gasteiger partial charge in [0.05, 0.1) is 10.9 Å². The Kier molecular flexibility index (Phi) is 7.07. The van der Waals surface area contributed by atoms with E-state index in [0.717, 1.165) is 18.4 Å². The van der Waals surface area contributed by atoms with Gasteiger partial charge in [-0.1, -0.05) is 32.4 Å². The summed E-state index contributed by atoms with van der Waals surface area (Å²) in [6.45, 7) is 9.03. The van der Waals surface area contributed by atoms with Gasteiger partial charge in [0, 0.05) is 23.9 Å². The third-order valence-corrected chi connectivity index (χ3v) is 7.85. The van der Waals surface area contributed by atoms with Gasteiger partial charge in [-0.15, -0.1) is 0 Å². The minimum absolute atomic E-state index is 0.166. The molecule has 2 atom stereocenters. The molecule has 0 unspecified atom stereocenters. The van der Waals surface area contributed by atoms with Crippen molar-refractivity contribution in [1.82, 2.24) is 9.29 Å². The number of Topliss-reactive ketones (excluding diaryl/α,β-unsaturated/α-hetero) is 1. The van der Waals surface area contributed by atoms with Gasteiger partial charge in [0.1, 0.15) is 11.7 Å². The summed E-state index contributed by atoms with van der Waals surface area (Å²) in [7, 11) is -3.95. The third kappa shape index (κ3) is 4.58. The topological polar surface area (TPSA) is 96.8 Å². The summed E-state index contributed by atoms with van der Waals surface area (Å²) in [4.78, 5) is 16.4. The summed E-state index contributed by atoms with van der Waals surface area (Å²) in [5, 5.41) is 11.3. The Morgan fingerprint density at radius 2 is 1.88 bits per heavy atom. The molecule has 0 bridgehead atoms. The van der Waals surface area contributed by atoms with E-state index in [-0.39, 0.29) is 23.1 Å². The second-order valence-electron chi connectivity index (χ2n) is 8.74. The Labute approximate surface area is 190 Å². The highest BCUT2D eigenvalue weighted by molar-refractivity contribution is 7.89. The number of fused-ring (bicyclic) bond motifs is 1. The van der Waals surface area contributed by atoms with E-state index < -0.39 is 27.8 Å². The molecular formula is C24H32N2O5S. The number of carbonyl (C=O) groups excluding carboxylic acids is 1. The molecule has 0 aliphatic carbocycles. The molecule has 8 heteroatoms. The van der Waals surface area contributed by atoms with E-state index in [9.17, 15) is 18.3 Å². The molecule has 174 valence electrons. The first-order valence-corrected chi connectivity index (χ1v) is 12.5. The van der Waals surface area contributed by atoms with Crippen LogP contribution in [0.2, 0.25) is 0 Å². The lowest BCUT2D eigenvalue weighted by atomic mass is 9.87. The zero-order valence-electron chi connectivity index (χ0n) is 19.3. The van der Waals surface area contributed by atoms with Crippen molar-refractivity contribution < 1.29 is 23.1 Å². The largest absolute Gasteiger partial charge is 0.469 e. The Morgan fingerprint density at radius 3 is 2.44 bits per heavy atom. The Balaban J connectivity index is 2.19. The van der Waals surface area contributed by atoms with Crippen LogP contribution in [-0.2, 0) is 16.4 Å². The van der Waals surface area contributed by atoms with Crippen molar-refractivity contribution in [3.63, 3.8) is 0 Å². The van der Waals surface area contributed by atoms with E-state index in [1.54, 1.807) is 44.2 Å². The van der Waals surface area contributed by atoms with Gasteiger partial charge in [-0.2, -0.15) is 4.31 Å². The van der Waals surface area contributed by atoms with E-state index in [4.69, 9.17) is 4.74 Å². The monoisotopic (exact) mass is 460 g/mol. The molecule has 1 aromatic carbocycles. The molecule has 32 heavy (non-hydrogen) atoms. The highest BCUT2D eigenvalue weighted by Gasteiger charge is 2.49. The molecule has 0 saturated heterocycles. The molecule has 2 heterocycles. The first-order valence-electron chi connectivity index (χ1n) is 11.0. The number of unbranched alkanes of at least 4 members (excludes halogenated alkanes) is 1. The number of pyridine rings is 1. The Hall–Kier alpha value is -2.29. The summed E-state index contributed by atoms with van der Waals surface area (Å²) in [5.41, 5.74) is 0.699. The Morgan fingerprint density at radius 1 is 1.22 bits per heavy atom. The van der Waals surface area contributed by atoms with E-state index in [2.05, 4.69) is 4.98 Å². The SMILES string of the molecule is CCCCN([C@@H]1c2cc(C(C)=O)cnc2OC(C)(C)[C@H]1O)S(=O)(=O)c1ccc(CC)cc1. The van der Waals surface area contributed by atoms with Crippen LogP contribution < -0.4 is 4.74 Å². The minimum Gasteiger partial charge on any atom is -0.469 e. The smallest absolute Gasteiger partial charge is 0.243 e. The molecule has 0 saturated carbocycles. The second-order valence-corrected chi connectivity index (χ2v) is 10.6. The van der Waals surface area contributed by atoms with Gasteiger partial charge in [-0.05, 0) is 57.4 Å². The summed E-state index contributed by atoms with van der Waals surface area (Å²) in [5.74, 6) is 0.0322. The van der Waals surface area contributed by atoms with Gasteiger partial charge < -0.3 is 9.84 Å². The number of hydrogen-bond donors (Lipinski definition) is 1. The predicted molar refractivity (Wildman–Crippen MR) is 122 cm³/mol. The molecule has 1 aromatic heterocycles. The van der Waals surface area contributed by atoms with Crippen LogP contribution >= 0.6 is 0 Å².